The first-order valence-electron chi connectivity index (χ1n) is 8.20. The average Bonchev–Trinajstić information content (AvgIpc) is 3.23. The molecule has 1 N–H and O–H groups in total. The van der Waals surface area contributed by atoms with E-state index >= 15 is 0 Å². The molecule has 0 bridgehead atoms. The summed E-state index contributed by atoms with van der Waals surface area (Å²) in [5, 5.41) is 2.85. The number of benzene rings is 1. The van der Waals surface area contributed by atoms with Gasteiger partial charge in [-0.2, -0.15) is 0 Å². The fourth-order valence-electron chi connectivity index (χ4n) is 2.94. The minimum absolute atomic E-state index is 0.112. The van der Waals surface area contributed by atoms with Crippen molar-refractivity contribution in [1.29, 1.82) is 0 Å². The second kappa shape index (κ2) is 7.42. The number of hydrogen-bond donors (Lipinski definition) is 1. The van der Waals surface area contributed by atoms with Crippen molar-refractivity contribution in [2.75, 3.05) is 24.6 Å². The average molecular weight is 314 g/mol. The van der Waals surface area contributed by atoms with E-state index in [9.17, 15) is 9.59 Å². The van der Waals surface area contributed by atoms with E-state index in [0.717, 1.165) is 43.7 Å². The molecule has 1 aromatic carbocycles. The molecule has 2 aliphatic rings. The third-order valence-corrected chi connectivity index (χ3v) is 4.23. The topological polar surface area (TPSA) is 58.6 Å². The molecule has 1 atom stereocenters. The molecular weight excluding hydrogens is 292 g/mol. The summed E-state index contributed by atoms with van der Waals surface area (Å²) in [6, 6.07) is 7.69. The van der Waals surface area contributed by atoms with Crippen molar-refractivity contribution in [3.05, 3.63) is 35.9 Å². The summed E-state index contributed by atoms with van der Waals surface area (Å²) >= 11 is 0. The van der Waals surface area contributed by atoms with Gasteiger partial charge in [-0.05, 0) is 43.0 Å². The van der Waals surface area contributed by atoms with E-state index in [1.54, 1.807) is 6.08 Å². The van der Waals surface area contributed by atoms with Crippen molar-refractivity contribution >= 4 is 23.6 Å². The summed E-state index contributed by atoms with van der Waals surface area (Å²) in [6.45, 7) is 2.15. The molecule has 0 saturated carbocycles. The molecule has 0 aliphatic carbocycles. The molecule has 23 heavy (non-hydrogen) atoms. The van der Waals surface area contributed by atoms with Crippen LogP contribution in [0.15, 0.2) is 30.3 Å². The molecule has 5 nitrogen and oxygen atoms in total. The van der Waals surface area contributed by atoms with Crippen molar-refractivity contribution in [1.82, 2.24) is 5.32 Å². The predicted molar refractivity (Wildman–Crippen MR) is 89.0 cm³/mol. The van der Waals surface area contributed by atoms with Crippen LogP contribution in [0.2, 0.25) is 0 Å². The van der Waals surface area contributed by atoms with Gasteiger partial charge < -0.3 is 15.0 Å². The zero-order valence-corrected chi connectivity index (χ0v) is 13.2. The standard InChI is InChI=1S/C18H22N2O3/c21-17(19-13-16-3-2-12-23-16)10-7-14-5-8-15(9-6-14)20-11-1-4-18(20)22/h5-10,16H,1-4,11-13H2,(H,19,21)/b10-7+. The number of carbonyl (C=O) groups excluding carboxylic acids is 2. The minimum atomic E-state index is -0.112. The lowest BCUT2D eigenvalue weighted by molar-refractivity contribution is -0.117. The van der Waals surface area contributed by atoms with Gasteiger partial charge in [-0.3, -0.25) is 9.59 Å². The number of rotatable bonds is 5. The van der Waals surface area contributed by atoms with E-state index in [4.69, 9.17) is 4.74 Å². The van der Waals surface area contributed by atoms with Crippen LogP contribution in [0, 0.1) is 0 Å². The first kappa shape index (κ1) is 15.7. The van der Waals surface area contributed by atoms with Gasteiger partial charge in [0.2, 0.25) is 11.8 Å². The summed E-state index contributed by atoms with van der Waals surface area (Å²) in [6.07, 6.45) is 7.11. The van der Waals surface area contributed by atoms with Gasteiger partial charge in [-0.15, -0.1) is 0 Å². The first-order chi connectivity index (χ1) is 11.2. The molecule has 2 aliphatic heterocycles. The maximum absolute atomic E-state index is 11.8. The molecule has 2 saturated heterocycles. The molecule has 1 aromatic rings. The number of nitrogens with zero attached hydrogens (tertiary/aromatic N) is 1. The van der Waals surface area contributed by atoms with Crippen LogP contribution in [-0.4, -0.2) is 37.6 Å². The number of anilines is 1. The Morgan fingerprint density at radius 2 is 2.13 bits per heavy atom. The minimum Gasteiger partial charge on any atom is -0.376 e. The van der Waals surface area contributed by atoms with Crippen LogP contribution in [0.3, 0.4) is 0 Å². The van der Waals surface area contributed by atoms with Crippen LogP contribution in [0.4, 0.5) is 5.69 Å². The summed E-state index contributed by atoms with van der Waals surface area (Å²) in [5.74, 6) is 0.0705. The quantitative estimate of drug-likeness (QED) is 0.847. The molecule has 5 heteroatoms. The third kappa shape index (κ3) is 4.20. The zero-order chi connectivity index (χ0) is 16.1. The van der Waals surface area contributed by atoms with Gasteiger partial charge in [0, 0.05) is 37.9 Å². The first-order valence-corrected chi connectivity index (χ1v) is 8.20. The van der Waals surface area contributed by atoms with Crippen molar-refractivity contribution in [2.24, 2.45) is 0 Å². The van der Waals surface area contributed by atoms with Crippen LogP contribution in [0.1, 0.15) is 31.2 Å². The second-order valence-corrected chi connectivity index (χ2v) is 5.95. The maximum Gasteiger partial charge on any atom is 0.244 e. The number of amides is 2. The predicted octanol–water partition coefficient (Wildman–Crippen LogP) is 2.12. The summed E-state index contributed by atoms with van der Waals surface area (Å²) in [5.41, 5.74) is 1.86. The van der Waals surface area contributed by atoms with Gasteiger partial charge in [0.25, 0.3) is 0 Å². The third-order valence-electron chi connectivity index (χ3n) is 4.23. The highest BCUT2D eigenvalue weighted by Crippen LogP contribution is 2.21. The molecule has 0 spiro atoms. The van der Waals surface area contributed by atoms with Gasteiger partial charge in [-0.25, -0.2) is 0 Å². The maximum atomic E-state index is 11.8. The molecule has 0 aromatic heterocycles. The van der Waals surface area contributed by atoms with Gasteiger partial charge >= 0.3 is 0 Å². The van der Waals surface area contributed by atoms with Gasteiger partial charge in [0.05, 0.1) is 6.10 Å². The van der Waals surface area contributed by atoms with E-state index in [0.29, 0.717) is 13.0 Å². The molecule has 1 unspecified atom stereocenters. The van der Waals surface area contributed by atoms with Crippen molar-refractivity contribution < 1.29 is 14.3 Å². The molecule has 122 valence electrons. The molecule has 0 radical (unpaired) electrons. The Morgan fingerprint density at radius 3 is 2.78 bits per heavy atom. The van der Waals surface area contributed by atoms with Crippen molar-refractivity contribution in [2.45, 2.75) is 31.8 Å². The number of ether oxygens (including phenoxy) is 1. The Labute approximate surface area is 136 Å². The Hall–Kier alpha value is -2.14. The zero-order valence-electron chi connectivity index (χ0n) is 13.2. The molecule has 2 amide bonds. The van der Waals surface area contributed by atoms with Gasteiger partial charge in [0.15, 0.2) is 0 Å². The van der Waals surface area contributed by atoms with Crippen LogP contribution in [-0.2, 0) is 14.3 Å². The van der Waals surface area contributed by atoms with Crippen molar-refractivity contribution in [3.63, 3.8) is 0 Å². The van der Waals surface area contributed by atoms with Crippen LogP contribution < -0.4 is 10.2 Å². The van der Waals surface area contributed by atoms with E-state index in [-0.39, 0.29) is 17.9 Å². The van der Waals surface area contributed by atoms with Gasteiger partial charge in [0.1, 0.15) is 0 Å². The lowest BCUT2D eigenvalue weighted by atomic mass is 10.2. The van der Waals surface area contributed by atoms with Crippen LogP contribution >= 0.6 is 0 Å². The molecule has 2 fully saturated rings. The monoisotopic (exact) mass is 314 g/mol. The van der Waals surface area contributed by atoms with E-state index in [2.05, 4.69) is 5.32 Å². The molecule has 2 heterocycles. The number of nitrogens with one attached hydrogen (secondary N) is 1. The summed E-state index contributed by atoms with van der Waals surface area (Å²) in [7, 11) is 0. The fraction of sp³-hybridized carbons (Fsp3) is 0.444. The highest BCUT2D eigenvalue weighted by Gasteiger charge is 2.21. The lowest BCUT2D eigenvalue weighted by Crippen LogP contribution is -2.30. The van der Waals surface area contributed by atoms with Crippen LogP contribution in [0.5, 0.6) is 0 Å². The lowest BCUT2D eigenvalue weighted by Gasteiger charge is -2.15. The van der Waals surface area contributed by atoms with E-state index in [1.807, 2.05) is 29.2 Å². The Morgan fingerprint density at radius 1 is 1.30 bits per heavy atom. The SMILES string of the molecule is O=C(/C=C/c1ccc(N2CCCC2=O)cc1)NCC1CCCO1. The Bertz CT molecular complexity index is 589. The van der Waals surface area contributed by atoms with E-state index in [1.165, 1.54) is 6.08 Å². The Kier molecular flexibility index (Phi) is 5.08. The number of carbonyl (C=O) groups is 2. The highest BCUT2D eigenvalue weighted by atomic mass is 16.5. The normalized spacial score (nSPS) is 21.3. The fourth-order valence-corrected chi connectivity index (χ4v) is 2.94. The second-order valence-electron chi connectivity index (χ2n) is 5.95. The summed E-state index contributed by atoms with van der Waals surface area (Å²) in [4.78, 5) is 25.3. The number of hydrogen-bond acceptors (Lipinski definition) is 3. The molecular formula is C18H22N2O3. The summed E-state index contributed by atoms with van der Waals surface area (Å²) < 4.78 is 5.47. The smallest absolute Gasteiger partial charge is 0.244 e. The van der Waals surface area contributed by atoms with E-state index < -0.39 is 0 Å². The highest BCUT2D eigenvalue weighted by molar-refractivity contribution is 5.95. The molecule has 3 rings (SSSR count). The largest absolute Gasteiger partial charge is 0.376 e. The van der Waals surface area contributed by atoms with Gasteiger partial charge in [-0.1, -0.05) is 12.1 Å². The van der Waals surface area contributed by atoms with Crippen LogP contribution in [0.25, 0.3) is 6.08 Å². The Balaban J connectivity index is 1.50. The van der Waals surface area contributed by atoms with Crippen molar-refractivity contribution in [3.8, 4) is 0 Å².